The van der Waals surface area contributed by atoms with Gasteiger partial charge in [-0.05, 0) is 44.1 Å². The molecule has 0 aromatic carbocycles. The number of carbonyl (C=O) groups excluding carboxylic acids is 2. The molecule has 5 rings (SSSR count). The van der Waals surface area contributed by atoms with Crippen LogP contribution >= 0.6 is 0 Å². The molecule has 1 unspecified atom stereocenters. The van der Waals surface area contributed by atoms with Gasteiger partial charge in [0.2, 0.25) is 5.95 Å². The molecule has 2 aliphatic heterocycles. The Morgan fingerprint density at radius 2 is 2.09 bits per heavy atom. The standard InChI is InChI=1S/C22H26N8O3/c1-29(2)19(31)16-10-14-11-25-20(28-18(14)26-16)27-17-5-4-15(12-24-17)30-13-22(33-21(30)32)6-3-8-23-9-7-22/h4-5,10-12,23H,3,6-9,13H2,1-2H3,(H2,24,25,26,27,28). The van der Waals surface area contributed by atoms with E-state index < -0.39 is 5.60 Å². The number of amides is 2. The number of nitrogens with one attached hydrogen (secondary N) is 3. The van der Waals surface area contributed by atoms with Gasteiger partial charge in [-0.3, -0.25) is 9.69 Å². The molecule has 0 bridgehead atoms. The summed E-state index contributed by atoms with van der Waals surface area (Å²) in [6, 6.07) is 5.32. The van der Waals surface area contributed by atoms with E-state index in [0.29, 0.717) is 35.3 Å². The van der Waals surface area contributed by atoms with Crippen LogP contribution in [-0.2, 0) is 4.74 Å². The van der Waals surface area contributed by atoms with Crippen molar-refractivity contribution >= 4 is 40.5 Å². The van der Waals surface area contributed by atoms with Crippen LogP contribution in [-0.4, -0.2) is 76.2 Å². The minimum atomic E-state index is -0.427. The van der Waals surface area contributed by atoms with Gasteiger partial charge in [-0.1, -0.05) is 0 Å². The molecule has 3 N–H and O–H groups in total. The molecular formula is C22H26N8O3. The van der Waals surface area contributed by atoms with Crippen LogP contribution in [0.1, 0.15) is 29.8 Å². The molecule has 5 heterocycles. The Labute approximate surface area is 190 Å². The fourth-order valence-electron chi connectivity index (χ4n) is 4.25. The fraction of sp³-hybridized carbons (Fsp3) is 0.409. The number of ether oxygens (including phenoxy) is 1. The van der Waals surface area contributed by atoms with Gasteiger partial charge in [-0.2, -0.15) is 4.98 Å². The van der Waals surface area contributed by atoms with Crippen LogP contribution in [0.4, 0.5) is 22.2 Å². The van der Waals surface area contributed by atoms with Crippen LogP contribution in [0.3, 0.4) is 0 Å². The van der Waals surface area contributed by atoms with Crippen LogP contribution in [0.5, 0.6) is 0 Å². The molecule has 0 saturated carbocycles. The van der Waals surface area contributed by atoms with Gasteiger partial charge in [0.1, 0.15) is 22.8 Å². The summed E-state index contributed by atoms with van der Waals surface area (Å²) in [5, 5.41) is 7.16. The van der Waals surface area contributed by atoms with Crippen LogP contribution in [0, 0.1) is 0 Å². The van der Waals surface area contributed by atoms with E-state index in [1.54, 1.807) is 43.5 Å². The van der Waals surface area contributed by atoms with Gasteiger partial charge in [0.05, 0.1) is 18.4 Å². The summed E-state index contributed by atoms with van der Waals surface area (Å²) < 4.78 is 5.79. The Morgan fingerprint density at radius 3 is 2.88 bits per heavy atom. The number of carbonyl (C=O) groups is 2. The molecule has 0 aliphatic carbocycles. The summed E-state index contributed by atoms with van der Waals surface area (Å²) in [6.45, 7) is 2.32. The van der Waals surface area contributed by atoms with E-state index in [0.717, 1.165) is 37.7 Å². The van der Waals surface area contributed by atoms with Crippen molar-refractivity contribution in [3.63, 3.8) is 0 Å². The lowest BCUT2D eigenvalue weighted by Crippen LogP contribution is -2.35. The van der Waals surface area contributed by atoms with Crippen LogP contribution < -0.4 is 15.5 Å². The van der Waals surface area contributed by atoms with Crippen molar-refractivity contribution in [2.45, 2.75) is 24.9 Å². The van der Waals surface area contributed by atoms with E-state index in [4.69, 9.17) is 4.74 Å². The molecule has 11 nitrogen and oxygen atoms in total. The first-order valence-corrected chi connectivity index (χ1v) is 10.9. The smallest absolute Gasteiger partial charge is 0.415 e. The van der Waals surface area contributed by atoms with Crippen molar-refractivity contribution < 1.29 is 14.3 Å². The molecule has 0 radical (unpaired) electrons. The third-order valence-electron chi connectivity index (χ3n) is 6.02. The molecule has 3 aromatic rings. The number of nitrogens with zero attached hydrogens (tertiary/aromatic N) is 5. The van der Waals surface area contributed by atoms with Gasteiger partial charge in [0.15, 0.2) is 0 Å². The number of fused-ring (bicyclic) bond motifs is 1. The summed E-state index contributed by atoms with van der Waals surface area (Å²) in [5.41, 5.74) is 1.26. The maximum Gasteiger partial charge on any atom is 0.415 e. The third kappa shape index (κ3) is 4.19. The summed E-state index contributed by atoms with van der Waals surface area (Å²) in [6.07, 6.45) is 5.60. The molecule has 3 aromatic heterocycles. The number of pyridine rings is 1. The monoisotopic (exact) mass is 450 g/mol. The Hall–Kier alpha value is -3.73. The number of rotatable bonds is 4. The second-order valence-electron chi connectivity index (χ2n) is 8.65. The Kier molecular flexibility index (Phi) is 5.33. The number of H-pyrrole nitrogens is 1. The predicted octanol–water partition coefficient (Wildman–Crippen LogP) is 2.27. The Morgan fingerprint density at radius 1 is 1.21 bits per heavy atom. The van der Waals surface area contributed by atoms with E-state index in [2.05, 4.69) is 30.6 Å². The maximum atomic E-state index is 12.5. The first kappa shape index (κ1) is 21.1. The average Bonchev–Trinajstić information content (AvgIpc) is 3.28. The minimum Gasteiger partial charge on any atom is -0.441 e. The highest BCUT2D eigenvalue weighted by Crippen LogP contribution is 2.34. The van der Waals surface area contributed by atoms with E-state index in [9.17, 15) is 9.59 Å². The van der Waals surface area contributed by atoms with Crippen LogP contribution in [0.25, 0.3) is 11.0 Å². The summed E-state index contributed by atoms with van der Waals surface area (Å²) >= 11 is 0. The quantitative estimate of drug-likeness (QED) is 0.552. The van der Waals surface area contributed by atoms with Gasteiger partial charge in [0, 0.05) is 32.1 Å². The molecule has 172 valence electrons. The van der Waals surface area contributed by atoms with E-state index >= 15 is 0 Å². The number of aromatic nitrogens is 4. The molecule has 33 heavy (non-hydrogen) atoms. The van der Waals surface area contributed by atoms with Gasteiger partial charge >= 0.3 is 6.09 Å². The number of anilines is 3. The Balaban J connectivity index is 1.29. The van der Waals surface area contributed by atoms with Gasteiger partial charge in [-0.15, -0.1) is 0 Å². The number of hydrogen-bond acceptors (Lipinski definition) is 8. The zero-order chi connectivity index (χ0) is 23.0. The second kappa shape index (κ2) is 8.32. The van der Waals surface area contributed by atoms with E-state index in [1.807, 2.05) is 6.07 Å². The van der Waals surface area contributed by atoms with Crippen LogP contribution in [0.15, 0.2) is 30.6 Å². The van der Waals surface area contributed by atoms with Crippen molar-refractivity contribution in [1.82, 2.24) is 30.2 Å². The largest absolute Gasteiger partial charge is 0.441 e. The first-order valence-electron chi connectivity index (χ1n) is 10.9. The van der Waals surface area contributed by atoms with Crippen molar-refractivity contribution in [3.05, 3.63) is 36.3 Å². The highest BCUT2D eigenvalue weighted by molar-refractivity contribution is 5.97. The molecular weight excluding hydrogens is 424 g/mol. The summed E-state index contributed by atoms with van der Waals surface area (Å²) in [7, 11) is 3.38. The molecule has 2 fully saturated rings. The van der Waals surface area contributed by atoms with Gasteiger partial charge < -0.3 is 25.3 Å². The van der Waals surface area contributed by atoms with Crippen molar-refractivity contribution in [1.29, 1.82) is 0 Å². The van der Waals surface area contributed by atoms with E-state index in [-0.39, 0.29) is 12.0 Å². The number of hydrogen-bond donors (Lipinski definition) is 3. The minimum absolute atomic E-state index is 0.137. The molecule has 2 saturated heterocycles. The average molecular weight is 451 g/mol. The predicted molar refractivity (Wildman–Crippen MR) is 123 cm³/mol. The molecule has 1 spiro atoms. The highest BCUT2D eigenvalue weighted by Gasteiger charge is 2.45. The zero-order valence-electron chi connectivity index (χ0n) is 18.6. The van der Waals surface area contributed by atoms with Gasteiger partial charge in [-0.25, -0.2) is 14.8 Å². The first-order chi connectivity index (χ1) is 15.9. The van der Waals surface area contributed by atoms with Crippen LogP contribution in [0.2, 0.25) is 0 Å². The van der Waals surface area contributed by atoms with Gasteiger partial charge in [0.25, 0.3) is 5.91 Å². The lowest BCUT2D eigenvalue weighted by Gasteiger charge is -2.24. The van der Waals surface area contributed by atoms with E-state index in [1.165, 1.54) is 4.90 Å². The summed E-state index contributed by atoms with van der Waals surface area (Å²) in [5.74, 6) is 0.747. The normalized spacial score (nSPS) is 20.7. The van der Waals surface area contributed by atoms with Crippen molar-refractivity contribution in [2.24, 2.45) is 0 Å². The number of aromatic amines is 1. The topological polar surface area (TPSA) is 128 Å². The molecule has 2 aliphatic rings. The highest BCUT2D eigenvalue weighted by atomic mass is 16.6. The lowest BCUT2D eigenvalue weighted by molar-refractivity contribution is 0.0470. The second-order valence-corrected chi connectivity index (χ2v) is 8.65. The zero-order valence-corrected chi connectivity index (χ0v) is 18.6. The third-order valence-corrected chi connectivity index (χ3v) is 6.02. The SMILES string of the molecule is CN(C)C(=O)c1cc2cnc(Nc3ccc(N4CC5(CCCNCC5)OC4=O)cn3)nc2[nH]1. The lowest BCUT2D eigenvalue weighted by atomic mass is 9.95. The molecule has 2 amide bonds. The van der Waals surface area contributed by atoms with Crippen molar-refractivity contribution in [2.75, 3.05) is 43.9 Å². The van der Waals surface area contributed by atoms with Crippen molar-refractivity contribution in [3.8, 4) is 0 Å². The fourth-order valence-corrected chi connectivity index (χ4v) is 4.25. The Bertz CT molecular complexity index is 1180. The molecule has 11 heteroatoms. The summed E-state index contributed by atoms with van der Waals surface area (Å²) in [4.78, 5) is 44.0. The molecule has 1 atom stereocenters. The maximum absolute atomic E-state index is 12.5.